The Bertz CT molecular complexity index is 683. The molecule has 2 rings (SSSR count). The SMILES string of the molecule is CC(C)c1ccc2c(c1)c(C(=O)O)cc(=O)n2C. The maximum Gasteiger partial charge on any atom is 0.336 e. The van der Waals surface area contributed by atoms with E-state index < -0.39 is 5.97 Å². The number of nitrogens with zero attached hydrogens (tertiary/aromatic N) is 1. The van der Waals surface area contributed by atoms with Gasteiger partial charge in [-0.1, -0.05) is 19.9 Å². The molecule has 0 unspecified atom stereocenters. The monoisotopic (exact) mass is 245 g/mol. The molecule has 4 heteroatoms. The number of benzene rings is 1. The standard InChI is InChI=1S/C14H15NO3/c1-8(2)9-4-5-12-10(6-9)11(14(17)18)7-13(16)15(12)3/h4-8H,1-3H3,(H,17,18). The van der Waals surface area contributed by atoms with Gasteiger partial charge in [-0.15, -0.1) is 0 Å². The van der Waals surface area contributed by atoms with Crippen molar-refractivity contribution in [1.82, 2.24) is 4.57 Å². The molecule has 1 N–H and O–H groups in total. The minimum absolute atomic E-state index is 0.0654. The number of aromatic nitrogens is 1. The fourth-order valence-electron chi connectivity index (χ4n) is 2.01. The molecule has 0 aliphatic rings. The highest BCUT2D eigenvalue weighted by atomic mass is 16.4. The van der Waals surface area contributed by atoms with Crippen LogP contribution in [-0.2, 0) is 7.05 Å². The van der Waals surface area contributed by atoms with Gasteiger partial charge >= 0.3 is 5.97 Å². The van der Waals surface area contributed by atoms with E-state index in [2.05, 4.69) is 0 Å². The van der Waals surface area contributed by atoms with Gasteiger partial charge in [0.2, 0.25) is 0 Å². The van der Waals surface area contributed by atoms with Crippen LogP contribution in [0, 0.1) is 0 Å². The number of pyridine rings is 1. The largest absolute Gasteiger partial charge is 0.478 e. The number of hydrogen-bond donors (Lipinski definition) is 1. The quantitative estimate of drug-likeness (QED) is 0.883. The Morgan fingerprint density at radius 2 is 1.94 bits per heavy atom. The Morgan fingerprint density at radius 3 is 2.50 bits per heavy atom. The van der Waals surface area contributed by atoms with Gasteiger partial charge in [0, 0.05) is 18.5 Å². The number of aromatic carboxylic acids is 1. The lowest BCUT2D eigenvalue weighted by Gasteiger charge is -2.11. The van der Waals surface area contributed by atoms with Crippen molar-refractivity contribution in [2.45, 2.75) is 19.8 Å². The first-order valence-electron chi connectivity index (χ1n) is 5.79. The maximum absolute atomic E-state index is 11.7. The van der Waals surface area contributed by atoms with Gasteiger partial charge in [-0.05, 0) is 23.6 Å². The molecule has 0 fully saturated rings. The summed E-state index contributed by atoms with van der Waals surface area (Å²) >= 11 is 0. The average molecular weight is 245 g/mol. The van der Waals surface area contributed by atoms with Crippen LogP contribution >= 0.6 is 0 Å². The van der Waals surface area contributed by atoms with Crippen LogP contribution < -0.4 is 5.56 Å². The second-order valence-corrected chi connectivity index (χ2v) is 4.69. The number of aryl methyl sites for hydroxylation is 1. The lowest BCUT2D eigenvalue weighted by atomic mass is 9.99. The first kappa shape index (κ1) is 12.4. The molecule has 94 valence electrons. The van der Waals surface area contributed by atoms with Gasteiger partial charge < -0.3 is 9.67 Å². The van der Waals surface area contributed by atoms with Crippen LogP contribution in [0.2, 0.25) is 0 Å². The summed E-state index contributed by atoms with van der Waals surface area (Å²) in [5.74, 6) is -0.758. The molecule has 4 nitrogen and oxygen atoms in total. The summed E-state index contributed by atoms with van der Waals surface area (Å²) in [4.78, 5) is 22.9. The molecule has 0 radical (unpaired) electrons. The van der Waals surface area contributed by atoms with Crippen molar-refractivity contribution in [3.8, 4) is 0 Å². The fraction of sp³-hybridized carbons (Fsp3) is 0.286. The van der Waals surface area contributed by atoms with Gasteiger partial charge in [0.15, 0.2) is 0 Å². The van der Waals surface area contributed by atoms with Crippen LogP contribution in [0.5, 0.6) is 0 Å². The summed E-state index contributed by atoms with van der Waals surface area (Å²) in [6.45, 7) is 4.09. The second-order valence-electron chi connectivity index (χ2n) is 4.69. The Morgan fingerprint density at radius 1 is 1.28 bits per heavy atom. The predicted octanol–water partition coefficient (Wildman–Crippen LogP) is 2.36. The van der Waals surface area contributed by atoms with Crippen molar-refractivity contribution in [3.63, 3.8) is 0 Å². The molecule has 0 aliphatic heterocycles. The molecule has 1 heterocycles. The normalized spacial score (nSPS) is 11.1. The Balaban J connectivity index is 2.91. The highest BCUT2D eigenvalue weighted by molar-refractivity contribution is 6.02. The van der Waals surface area contributed by atoms with E-state index in [4.69, 9.17) is 0 Å². The smallest absolute Gasteiger partial charge is 0.336 e. The number of carboxylic acid groups (broad SMARTS) is 1. The molecule has 18 heavy (non-hydrogen) atoms. The minimum atomic E-state index is -1.07. The van der Waals surface area contributed by atoms with Crippen molar-refractivity contribution >= 4 is 16.9 Å². The maximum atomic E-state index is 11.7. The molecular formula is C14H15NO3. The van der Waals surface area contributed by atoms with E-state index in [1.807, 2.05) is 26.0 Å². The lowest BCUT2D eigenvalue weighted by Crippen LogP contribution is -2.19. The highest BCUT2D eigenvalue weighted by Gasteiger charge is 2.13. The van der Waals surface area contributed by atoms with Crippen LogP contribution in [-0.4, -0.2) is 15.6 Å². The van der Waals surface area contributed by atoms with Crippen molar-refractivity contribution in [1.29, 1.82) is 0 Å². The number of rotatable bonds is 2. The van der Waals surface area contributed by atoms with E-state index in [0.29, 0.717) is 16.8 Å². The first-order valence-corrected chi connectivity index (χ1v) is 5.79. The minimum Gasteiger partial charge on any atom is -0.478 e. The molecule has 1 aromatic heterocycles. The molecule has 0 saturated heterocycles. The molecule has 0 bridgehead atoms. The van der Waals surface area contributed by atoms with Crippen LogP contribution in [0.4, 0.5) is 0 Å². The predicted molar refractivity (Wildman–Crippen MR) is 70.2 cm³/mol. The van der Waals surface area contributed by atoms with E-state index in [1.165, 1.54) is 10.6 Å². The van der Waals surface area contributed by atoms with Crippen molar-refractivity contribution < 1.29 is 9.90 Å². The summed E-state index contributed by atoms with van der Waals surface area (Å²) in [6, 6.07) is 6.76. The van der Waals surface area contributed by atoms with Gasteiger partial charge in [0.25, 0.3) is 5.56 Å². The zero-order chi connectivity index (χ0) is 13.4. The number of carbonyl (C=O) groups is 1. The third kappa shape index (κ3) is 1.90. The Kier molecular flexibility index (Phi) is 2.95. The van der Waals surface area contributed by atoms with Crippen LogP contribution in [0.3, 0.4) is 0 Å². The first-order chi connectivity index (χ1) is 8.41. The van der Waals surface area contributed by atoms with Gasteiger partial charge in [-0.25, -0.2) is 4.79 Å². The van der Waals surface area contributed by atoms with Crippen molar-refractivity contribution in [2.24, 2.45) is 7.05 Å². The van der Waals surface area contributed by atoms with E-state index >= 15 is 0 Å². The van der Waals surface area contributed by atoms with Crippen LogP contribution in [0.15, 0.2) is 29.1 Å². The molecule has 0 amide bonds. The second kappa shape index (κ2) is 4.29. The topological polar surface area (TPSA) is 59.3 Å². The van der Waals surface area contributed by atoms with Crippen LogP contribution in [0.25, 0.3) is 10.9 Å². The van der Waals surface area contributed by atoms with Gasteiger partial charge in [-0.3, -0.25) is 4.79 Å². The van der Waals surface area contributed by atoms with Gasteiger partial charge in [-0.2, -0.15) is 0 Å². The molecule has 0 aliphatic carbocycles. The summed E-state index contributed by atoms with van der Waals surface area (Å²) in [6.07, 6.45) is 0. The van der Waals surface area contributed by atoms with Gasteiger partial charge in [0.1, 0.15) is 0 Å². The van der Waals surface area contributed by atoms with E-state index in [9.17, 15) is 14.7 Å². The molecule has 2 aromatic rings. The summed E-state index contributed by atoms with van der Waals surface area (Å²) in [5.41, 5.74) is 1.46. The summed E-state index contributed by atoms with van der Waals surface area (Å²) in [7, 11) is 1.64. The summed E-state index contributed by atoms with van der Waals surface area (Å²) < 4.78 is 1.46. The molecular weight excluding hydrogens is 230 g/mol. The zero-order valence-electron chi connectivity index (χ0n) is 10.6. The highest BCUT2D eigenvalue weighted by Crippen LogP contribution is 2.23. The molecule has 0 atom stereocenters. The third-order valence-electron chi connectivity index (χ3n) is 3.17. The van der Waals surface area contributed by atoms with Gasteiger partial charge in [0.05, 0.1) is 11.1 Å². The summed E-state index contributed by atoms with van der Waals surface area (Å²) in [5, 5.41) is 9.79. The Hall–Kier alpha value is -2.10. The van der Waals surface area contributed by atoms with E-state index in [0.717, 1.165) is 5.56 Å². The molecule has 0 saturated carbocycles. The Labute approximate surface area is 104 Å². The lowest BCUT2D eigenvalue weighted by molar-refractivity contribution is 0.0699. The fourth-order valence-corrected chi connectivity index (χ4v) is 2.01. The van der Waals surface area contributed by atoms with E-state index in [-0.39, 0.29) is 11.1 Å². The number of carboxylic acids is 1. The van der Waals surface area contributed by atoms with Crippen molar-refractivity contribution in [2.75, 3.05) is 0 Å². The van der Waals surface area contributed by atoms with E-state index in [1.54, 1.807) is 13.1 Å². The molecule has 1 aromatic carbocycles. The number of fused-ring (bicyclic) bond motifs is 1. The third-order valence-corrected chi connectivity index (χ3v) is 3.17. The average Bonchev–Trinajstić information content (AvgIpc) is 2.32. The number of hydrogen-bond acceptors (Lipinski definition) is 2. The van der Waals surface area contributed by atoms with Crippen molar-refractivity contribution in [3.05, 3.63) is 45.7 Å². The molecule has 0 spiro atoms. The van der Waals surface area contributed by atoms with Crippen LogP contribution in [0.1, 0.15) is 35.7 Å². The zero-order valence-corrected chi connectivity index (χ0v) is 10.6.